The first-order chi connectivity index (χ1) is 15.2. The van der Waals surface area contributed by atoms with Gasteiger partial charge in [-0.2, -0.15) is 5.10 Å². The molecule has 1 aliphatic rings. The van der Waals surface area contributed by atoms with E-state index in [1.165, 1.54) is 17.4 Å². The molecule has 158 valence electrons. The lowest BCUT2D eigenvalue weighted by Crippen LogP contribution is -2.31. The first kappa shape index (κ1) is 19.3. The molecule has 3 aromatic heterocycles. The summed E-state index contributed by atoms with van der Waals surface area (Å²) in [4.78, 5) is 14.0. The Morgan fingerprint density at radius 1 is 1.03 bits per heavy atom. The highest BCUT2D eigenvalue weighted by molar-refractivity contribution is 5.63. The minimum absolute atomic E-state index is 0.0661. The largest absolute Gasteiger partial charge is 0.364 e. The Morgan fingerprint density at radius 3 is 2.71 bits per heavy atom. The molecule has 0 spiro atoms. The molecule has 0 amide bonds. The highest BCUT2D eigenvalue weighted by Gasteiger charge is 2.22. The number of rotatable bonds is 5. The summed E-state index contributed by atoms with van der Waals surface area (Å²) in [6.07, 6.45) is 4.33. The van der Waals surface area contributed by atoms with Crippen LogP contribution < -0.4 is 5.06 Å². The second kappa shape index (κ2) is 8.23. The van der Waals surface area contributed by atoms with Gasteiger partial charge in [0.15, 0.2) is 17.5 Å². The number of hydrogen-bond acceptors (Lipinski definition) is 7. The third kappa shape index (κ3) is 3.89. The highest BCUT2D eigenvalue weighted by atomic mass is 19.1. The number of hydroxylamine groups is 1. The Kier molecular flexibility index (Phi) is 5.13. The average Bonchev–Trinajstić information content (AvgIpc) is 3.46. The molecule has 1 aromatic carbocycles. The zero-order valence-corrected chi connectivity index (χ0v) is 16.4. The van der Waals surface area contributed by atoms with E-state index in [9.17, 15) is 8.78 Å². The van der Waals surface area contributed by atoms with Gasteiger partial charge in [0.1, 0.15) is 23.5 Å². The summed E-state index contributed by atoms with van der Waals surface area (Å²) < 4.78 is 35.1. The number of aromatic nitrogens is 5. The van der Waals surface area contributed by atoms with Gasteiger partial charge in [0.05, 0.1) is 25.0 Å². The molecule has 0 N–H and O–H groups in total. The van der Waals surface area contributed by atoms with E-state index in [-0.39, 0.29) is 24.0 Å². The maximum atomic E-state index is 14.4. The van der Waals surface area contributed by atoms with Gasteiger partial charge in [-0.3, -0.25) is 9.52 Å². The van der Waals surface area contributed by atoms with Gasteiger partial charge in [-0.15, -0.1) is 0 Å². The van der Waals surface area contributed by atoms with Gasteiger partial charge in [0, 0.05) is 18.2 Å². The Bertz CT molecular complexity index is 1190. The van der Waals surface area contributed by atoms with Crippen molar-refractivity contribution in [3.63, 3.8) is 0 Å². The number of benzene rings is 1. The fraction of sp³-hybridized carbons (Fsp3) is 0.238. The summed E-state index contributed by atoms with van der Waals surface area (Å²) in [6.45, 7) is 1.21. The first-order valence-electron chi connectivity index (χ1n) is 9.84. The molecule has 31 heavy (non-hydrogen) atoms. The van der Waals surface area contributed by atoms with Gasteiger partial charge >= 0.3 is 0 Å². The number of anilines is 1. The molecule has 0 radical (unpaired) electrons. The third-order valence-electron chi connectivity index (χ3n) is 4.95. The van der Waals surface area contributed by atoms with Gasteiger partial charge in [0.25, 0.3) is 0 Å². The quantitative estimate of drug-likeness (QED) is 0.481. The summed E-state index contributed by atoms with van der Waals surface area (Å²) in [6, 6.07) is 9.85. The zero-order chi connectivity index (χ0) is 21.2. The van der Waals surface area contributed by atoms with Crippen molar-refractivity contribution in [2.45, 2.75) is 19.4 Å². The Morgan fingerprint density at radius 2 is 1.94 bits per heavy atom. The molecule has 0 atom stereocenters. The standard InChI is InChI=1S/C21H18F2N6O2/c22-15-6-2-1-5-14(15)13-28-19(17-7-10-30-27-17)11-18(26-28)20-24-12-16(23)21(25-20)29-8-3-4-9-31-29/h1-2,5-7,10-12H,3-4,8-9,13H2. The summed E-state index contributed by atoms with van der Waals surface area (Å²) in [5.74, 6) is -0.625. The third-order valence-corrected chi connectivity index (χ3v) is 4.95. The van der Waals surface area contributed by atoms with Crippen molar-refractivity contribution < 1.29 is 18.1 Å². The fourth-order valence-corrected chi connectivity index (χ4v) is 3.41. The molecule has 1 aliphatic heterocycles. The number of nitrogens with zero attached hydrogens (tertiary/aromatic N) is 6. The summed E-state index contributed by atoms with van der Waals surface area (Å²) >= 11 is 0. The van der Waals surface area contributed by atoms with E-state index in [4.69, 9.17) is 9.36 Å². The molecule has 0 saturated carbocycles. The lowest BCUT2D eigenvalue weighted by Gasteiger charge is -2.26. The minimum Gasteiger partial charge on any atom is -0.364 e. The van der Waals surface area contributed by atoms with Crippen molar-refractivity contribution in [2.24, 2.45) is 0 Å². The second-order valence-corrected chi connectivity index (χ2v) is 7.06. The minimum atomic E-state index is -0.576. The van der Waals surface area contributed by atoms with Gasteiger partial charge in [0.2, 0.25) is 0 Å². The monoisotopic (exact) mass is 424 g/mol. The van der Waals surface area contributed by atoms with Crippen LogP contribution in [-0.2, 0) is 11.4 Å². The molecule has 0 aliphatic carbocycles. The van der Waals surface area contributed by atoms with Crippen LogP contribution in [0.2, 0.25) is 0 Å². The van der Waals surface area contributed by atoms with Crippen LogP contribution in [0.15, 0.2) is 53.4 Å². The normalized spacial score (nSPS) is 14.2. The van der Waals surface area contributed by atoms with E-state index in [1.807, 2.05) is 0 Å². The maximum absolute atomic E-state index is 14.4. The van der Waals surface area contributed by atoms with Crippen molar-refractivity contribution in [1.82, 2.24) is 24.9 Å². The molecule has 4 aromatic rings. The molecule has 10 heteroatoms. The molecule has 4 heterocycles. The van der Waals surface area contributed by atoms with Crippen LogP contribution in [-0.4, -0.2) is 38.1 Å². The van der Waals surface area contributed by atoms with Gasteiger partial charge in [-0.25, -0.2) is 23.8 Å². The topological polar surface area (TPSA) is 82.1 Å². The van der Waals surface area contributed by atoms with Gasteiger partial charge in [-0.05, 0) is 25.0 Å². The molecule has 1 fully saturated rings. The maximum Gasteiger partial charge on any atom is 0.192 e. The van der Waals surface area contributed by atoms with E-state index in [2.05, 4.69) is 20.2 Å². The Balaban J connectivity index is 1.55. The summed E-state index contributed by atoms with van der Waals surface area (Å²) in [5, 5.41) is 9.96. The Labute approximate surface area is 176 Å². The Hall–Kier alpha value is -3.66. The fourth-order valence-electron chi connectivity index (χ4n) is 3.41. The van der Waals surface area contributed by atoms with Crippen LogP contribution in [0.4, 0.5) is 14.6 Å². The summed E-state index contributed by atoms with van der Waals surface area (Å²) in [5.41, 5.74) is 1.98. The zero-order valence-electron chi connectivity index (χ0n) is 16.4. The van der Waals surface area contributed by atoms with E-state index >= 15 is 0 Å². The average molecular weight is 424 g/mol. The molecule has 0 bridgehead atoms. The smallest absolute Gasteiger partial charge is 0.192 e. The SMILES string of the molecule is Fc1ccccc1Cn1nc(-c2ncc(F)c(N3CCCCO3)n2)cc1-c1ccon1. The molecule has 8 nitrogen and oxygen atoms in total. The van der Waals surface area contributed by atoms with Crippen LogP contribution >= 0.6 is 0 Å². The molecule has 1 saturated heterocycles. The predicted octanol–water partition coefficient (Wildman–Crippen LogP) is 3.85. The summed E-state index contributed by atoms with van der Waals surface area (Å²) in [7, 11) is 0. The number of halogens is 2. The molecular weight excluding hydrogens is 406 g/mol. The van der Waals surface area contributed by atoms with E-state index < -0.39 is 5.82 Å². The van der Waals surface area contributed by atoms with Gasteiger partial charge < -0.3 is 4.52 Å². The lowest BCUT2D eigenvalue weighted by molar-refractivity contribution is 0.0745. The van der Waals surface area contributed by atoms with E-state index in [1.54, 1.807) is 35.0 Å². The lowest BCUT2D eigenvalue weighted by atomic mass is 10.2. The van der Waals surface area contributed by atoms with E-state index in [0.29, 0.717) is 35.8 Å². The van der Waals surface area contributed by atoms with Crippen molar-refractivity contribution >= 4 is 5.82 Å². The van der Waals surface area contributed by atoms with Crippen molar-refractivity contribution in [2.75, 3.05) is 18.2 Å². The van der Waals surface area contributed by atoms with Crippen LogP contribution in [0.3, 0.4) is 0 Å². The van der Waals surface area contributed by atoms with E-state index in [0.717, 1.165) is 19.0 Å². The van der Waals surface area contributed by atoms with Crippen LogP contribution in [0.25, 0.3) is 22.9 Å². The molecule has 5 rings (SSSR count). The molecule has 0 unspecified atom stereocenters. The van der Waals surface area contributed by atoms with Crippen molar-refractivity contribution in [3.05, 3.63) is 66.1 Å². The van der Waals surface area contributed by atoms with Crippen LogP contribution in [0.5, 0.6) is 0 Å². The highest BCUT2D eigenvalue weighted by Crippen LogP contribution is 2.27. The van der Waals surface area contributed by atoms with Crippen LogP contribution in [0, 0.1) is 11.6 Å². The van der Waals surface area contributed by atoms with Crippen molar-refractivity contribution in [3.8, 4) is 22.9 Å². The second-order valence-electron chi connectivity index (χ2n) is 7.06. The molecular formula is C21H18F2N6O2. The number of hydrogen-bond donors (Lipinski definition) is 0. The van der Waals surface area contributed by atoms with Crippen molar-refractivity contribution in [1.29, 1.82) is 0 Å². The van der Waals surface area contributed by atoms with Crippen LogP contribution in [0.1, 0.15) is 18.4 Å². The van der Waals surface area contributed by atoms with Gasteiger partial charge in [-0.1, -0.05) is 23.4 Å². The predicted molar refractivity (Wildman–Crippen MR) is 107 cm³/mol. The first-order valence-corrected chi connectivity index (χ1v) is 9.84.